The lowest BCUT2D eigenvalue weighted by atomic mass is 10.2. The maximum Gasteiger partial charge on any atom is 0.340 e. The third-order valence-electron chi connectivity index (χ3n) is 3.39. The van der Waals surface area contributed by atoms with Crippen molar-refractivity contribution in [2.75, 3.05) is 6.61 Å². The van der Waals surface area contributed by atoms with Gasteiger partial charge in [0.2, 0.25) is 6.29 Å². The zero-order valence-corrected chi connectivity index (χ0v) is 13.9. The minimum absolute atomic E-state index is 0.0926. The fourth-order valence-electron chi connectivity index (χ4n) is 2.16. The van der Waals surface area contributed by atoms with Gasteiger partial charge in [0.05, 0.1) is 10.5 Å². The fraction of sp³-hybridized carbons (Fsp3) is 0.158. The molecular weight excluding hydrogens is 324 g/mol. The average Bonchev–Trinajstić information content (AvgIpc) is 2.60. The van der Waals surface area contributed by atoms with Gasteiger partial charge in [-0.05, 0) is 37.3 Å². The third kappa shape index (κ3) is 4.13. The van der Waals surface area contributed by atoms with Crippen LogP contribution in [0.15, 0.2) is 70.5 Å². The number of hydrogen-bond acceptors (Lipinski definition) is 5. The van der Waals surface area contributed by atoms with E-state index in [1.807, 2.05) is 37.3 Å². The molecule has 0 fully saturated rings. The molecule has 1 aliphatic heterocycles. The second-order valence-electron chi connectivity index (χ2n) is 5.34. The van der Waals surface area contributed by atoms with Crippen LogP contribution in [0.4, 0.5) is 0 Å². The lowest BCUT2D eigenvalue weighted by Gasteiger charge is -2.23. The van der Waals surface area contributed by atoms with Gasteiger partial charge in [0.1, 0.15) is 6.61 Å². The smallest absolute Gasteiger partial charge is 0.340 e. The Morgan fingerprint density at radius 1 is 1.12 bits per heavy atom. The molecule has 1 aliphatic rings. The first kappa shape index (κ1) is 16.5. The van der Waals surface area contributed by atoms with Crippen LogP contribution < -0.4 is 0 Å². The van der Waals surface area contributed by atoms with E-state index in [4.69, 9.17) is 9.47 Å². The van der Waals surface area contributed by atoms with Gasteiger partial charge in [0.15, 0.2) is 5.78 Å². The second-order valence-corrected chi connectivity index (χ2v) is 6.49. The van der Waals surface area contributed by atoms with Crippen LogP contribution in [0.2, 0.25) is 0 Å². The monoisotopic (exact) mass is 340 g/mol. The van der Waals surface area contributed by atoms with Gasteiger partial charge in [0, 0.05) is 4.90 Å². The Labute approximate surface area is 144 Å². The van der Waals surface area contributed by atoms with Crippen molar-refractivity contribution in [3.8, 4) is 0 Å². The standard InChI is InChI=1S/C19H16O4S/c1-13-7-9-16(10-8-13)24-17-11-15(20)12-22-19(17)23-18(21)14-5-3-2-4-6-14/h2-11,19H,12H2,1H3/t19-/m0/s1. The van der Waals surface area contributed by atoms with Gasteiger partial charge in [-0.15, -0.1) is 0 Å². The van der Waals surface area contributed by atoms with E-state index in [1.54, 1.807) is 24.3 Å². The quantitative estimate of drug-likeness (QED) is 0.794. The molecule has 4 nitrogen and oxygen atoms in total. The minimum Gasteiger partial charge on any atom is -0.427 e. The molecule has 0 amide bonds. The van der Waals surface area contributed by atoms with E-state index in [0.29, 0.717) is 10.5 Å². The Kier molecular flexibility index (Phi) is 5.13. The Hall–Kier alpha value is -2.37. The summed E-state index contributed by atoms with van der Waals surface area (Å²) in [5.74, 6) is -0.623. The van der Waals surface area contributed by atoms with Gasteiger partial charge in [0.25, 0.3) is 0 Å². The van der Waals surface area contributed by atoms with E-state index in [2.05, 4.69) is 0 Å². The Balaban J connectivity index is 1.75. The van der Waals surface area contributed by atoms with E-state index in [0.717, 1.165) is 10.5 Å². The summed E-state index contributed by atoms with van der Waals surface area (Å²) in [5.41, 5.74) is 1.59. The molecule has 0 radical (unpaired) electrons. The molecule has 5 heteroatoms. The molecule has 1 atom stereocenters. The lowest BCUT2D eigenvalue weighted by molar-refractivity contribution is -0.133. The van der Waals surface area contributed by atoms with Crippen molar-refractivity contribution in [3.63, 3.8) is 0 Å². The van der Waals surface area contributed by atoms with E-state index in [-0.39, 0.29) is 12.4 Å². The van der Waals surface area contributed by atoms with Crippen LogP contribution in [0.1, 0.15) is 15.9 Å². The van der Waals surface area contributed by atoms with Crippen molar-refractivity contribution < 1.29 is 19.1 Å². The SMILES string of the molecule is Cc1ccc(SC2=CC(=O)CO[C@H]2OC(=O)c2ccccc2)cc1. The van der Waals surface area contributed by atoms with E-state index in [9.17, 15) is 9.59 Å². The number of rotatable bonds is 4. The summed E-state index contributed by atoms with van der Waals surface area (Å²) in [6, 6.07) is 16.6. The Morgan fingerprint density at radius 3 is 2.54 bits per heavy atom. The molecule has 0 aromatic heterocycles. The van der Waals surface area contributed by atoms with Gasteiger partial charge in [-0.2, -0.15) is 0 Å². The summed E-state index contributed by atoms with van der Waals surface area (Å²) >= 11 is 1.36. The Bertz CT molecular complexity index is 766. The third-order valence-corrected chi connectivity index (χ3v) is 4.45. The van der Waals surface area contributed by atoms with Gasteiger partial charge >= 0.3 is 5.97 Å². The highest BCUT2D eigenvalue weighted by atomic mass is 32.2. The van der Waals surface area contributed by atoms with Crippen LogP contribution >= 0.6 is 11.8 Å². The van der Waals surface area contributed by atoms with Gasteiger partial charge in [-0.25, -0.2) is 4.79 Å². The number of ketones is 1. The molecule has 122 valence electrons. The molecule has 1 heterocycles. The van der Waals surface area contributed by atoms with Crippen molar-refractivity contribution in [3.05, 3.63) is 76.7 Å². The van der Waals surface area contributed by atoms with Crippen molar-refractivity contribution in [2.45, 2.75) is 18.1 Å². The predicted octanol–water partition coefficient (Wildman–Crippen LogP) is 3.75. The first-order valence-corrected chi connectivity index (χ1v) is 8.30. The van der Waals surface area contributed by atoms with Crippen LogP contribution in [-0.2, 0) is 14.3 Å². The van der Waals surface area contributed by atoms with Crippen LogP contribution in [0.5, 0.6) is 0 Å². The average molecular weight is 340 g/mol. The van der Waals surface area contributed by atoms with E-state index < -0.39 is 12.3 Å². The number of thioether (sulfide) groups is 1. The molecule has 0 unspecified atom stereocenters. The number of ether oxygens (including phenoxy) is 2. The normalized spacial score (nSPS) is 17.3. The number of carbonyl (C=O) groups is 2. The molecule has 3 rings (SSSR count). The zero-order chi connectivity index (χ0) is 16.9. The number of hydrogen-bond donors (Lipinski definition) is 0. The molecular formula is C19H16O4S. The summed E-state index contributed by atoms with van der Waals surface area (Å²) in [7, 11) is 0. The van der Waals surface area contributed by atoms with Crippen LogP contribution in [0.25, 0.3) is 0 Å². The molecule has 0 aliphatic carbocycles. The molecule has 0 spiro atoms. The van der Waals surface area contributed by atoms with Crippen LogP contribution in [0, 0.1) is 6.92 Å². The number of benzene rings is 2. The first-order valence-electron chi connectivity index (χ1n) is 7.48. The number of esters is 1. The van der Waals surface area contributed by atoms with Crippen molar-refractivity contribution in [1.82, 2.24) is 0 Å². The topological polar surface area (TPSA) is 52.6 Å². The van der Waals surface area contributed by atoms with Gasteiger partial charge in [-0.1, -0.05) is 47.7 Å². The molecule has 0 bridgehead atoms. The van der Waals surface area contributed by atoms with Crippen molar-refractivity contribution >= 4 is 23.5 Å². The predicted molar refractivity (Wildman–Crippen MR) is 91.7 cm³/mol. The van der Waals surface area contributed by atoms with Crippen LogP contribution in [0.3, 0.4) is 0 Å². The van der Waals surface area contributed by atoms with Crippen LogP contribution in [-0.4, -0.2) is 24.6 Å². The summed E-state index contributed by atoms with van der Waals surface area (Å²) in [6.45, 7) is 1.91. The Morgan fingerprint density at radius 2 is 1.83 bits per heavy atom. The van der Waals surface area contributed by atoms with E-state index >= 15 is 0 Å². The minimum atomic E-state index is -0.873. The molecule has 2 aromatic carbocycles. The van der Waals surface area contributed by atoms with E-state index in [1.165, 1.54) is 17.8 Å². The largest absolute Gasteiger partial charge is 0.427 e. The highest BCUT2D eigenvalue weighted by Gasteiger charge is 2.27. The molecule has 0 saturated heterocycles. The van der Waals surface area contributed by atoms with Gasteiger partial charge < -0.3 is 9.47 Å². The fourth-order valence-corrected chi connectivity index (χ4v) is 3.11. The molecule has 24 heavy (non-hydrogen) atoms. The zero-order valence-electron chi connectivity index (χ0n) is 13.1. The maximum atomic E-state index is 12.2. The first-order chi connectivity index (χ1) is 11.6. The summed E-state index contributed by atoms with van der Waals surface area (Å²) < 4.78 is 10.8. The highest BCUT2D eigenvalue weighted by Crippen LogP contribution is 2.33. The molecule has 2 aromatic rings. The summed E-state index contributed by atoms with van der Waals surface area (Å²) in [4.78, 5) is 25.4. The van der Waals surface area contributed by atoms with Crippen molar-refractivity contribution in [1.29, 1.82) is 0 Å². The summed E-state index contributed by atoms with van der Waals surface area (Å²) in [5, 5.41) is 0. The van der Waals surface area contributed by atoms with Gasteiger partial charge in [-0.3, -0.25) is 4.79 Å². The number of aryl methyl sites for hydroxylation is 1. The summed E-state index contributed by atoms with van der Waals surface area (Å²) in [6.07, 6.45) is 0.610. The highest BCUT2D eigenvalue weighted by molar-refractivity contribution is 8.03. The lowest BCUT2D eigenvalue weighted by Crippen LogP contribution is -2.29. The second kappa shape index (κ2) is 7.47. The molecule has 0 saturated carbocycles. The number of carbonyl (C=O) groups excluding carboxylic acids is 2. The van der Waals surface area contributed by atoms with Crippen molar-refractivity contribution in [2.24, 2.45) is 0 Å². The molecule has 0 N–H and O–H groups in total. The maximum absolute atomic E-state index is 12.2.